The van der Waals surface area contributed by atoms with Gasteiger partial charge in [-0.1, -0.05) is 35.9 Å². The number of benzene rings is 2. The van der Waals surface area contributed by atoms with Crippen LogP contribution in [0.15, 0.2) is 48.5 Å². The minimum Gasteiger partial charge on any atom is -0.493 e. The van der Waals surface area contributed by atoms with Crippen LogP contribution in [0, 0.1) is 0 Å². The Bertz CT molecular complexity index is 571. The predicted octanol–water partition coefficient (Wildman–Crippen LogP) is 3.31. The second kappa shape index (κ2) is 8.63. The van der Waals surface area contributed by atoms with Crippen molar-refractivity contribution < 1.29 is 19.3 Å². The van der Waals surface area contributed by atoms with Crippen LogP contribution < -0.4 is 9.47 Å². The number of halogens is 1. The zero-order valence-electron chi connectivity index (χ0n) is 12.4. The van der Waals surface area contributed by atoms with Crippen LogP contribution in [0.4, 0.5) is 0 Å². The van der Waals surface area contributed by atoms with Crippen LogP contribution in [-0.4, -0.2) is 31.5 Å². The molecule has 0 amide bonds. The van der Waals surface area contributed by atoms with Crippen molar-refractivity contribution in [1.29, 1.82) is 0 Å². The SMILES string of the molecule is COc1ccccc1OCC(O)COCc1ccc(Cl)cc1. The van der Waals surface area contributed by atoms with Gasteiger partial charge in [-0.15, -0.1) is 0 Å². The van der Waals surface area contributed by atoms with Gasteiger partial charge in [0.1, 0.15) is 12.7 Å². The van der Waals surface area contributed by atoms with E-state index in [1.54, 1.807) is 19.2 Å². The lowest BCUT2D eigenvalue weighted by Gasteiger charge is -2.14. The van der Waals surface area contributed by atoms with E-state index in [4.69, 9.17) is 25.8 Å². The second-order valence-electron chi connectivity index (χ2n) is 4.76. The lowest BCUT2D eigenvalue weighted by atomic mass is 10.2. The van der Waals surface area contributed by atoms with Crippen LogP contribution in [0.5, 0.6) is 11.5 Å². The summed E-state index contributed by atoms with van der Waals surface area (Å²) in [6.07, 6.45) is -0.711. The summed E-state index contributed by atoms with van der Waals surface area (Å²) in [7, 11) is 1.58. The fourth-order valence-corrected chi connectivity index (χ4v) is 1.99. The summed E-state index contributed by atoms with van der Waals surface area (Å²) in [5, 5.41) is 10.6. The molecule has 0 fully saturated rings. The van der Waals surface area contributed by atoms with Crippen LogP contribution in [0.1, 0.15) is 5.56 Å². The molecule has 0 aliphatic carbocycles. The zero-order chi connectivity index (χ0) is 15.8. The Morgan fingerprint density at radius 2 is 1.68 bits per heavy atom. The number of aliphatic hydroxyl groups is 1. The number of rotatable bonds is 8. The molecule has 0 spiro atoms. The number of methoxy groups -OCH3 is 1. The third-order valence-corrected chi connectivity index (χ3v) is 3.24. The van der Waals surface area contributed by atoms with E-state index in [0.29, 0.717) is 23.1 Å². The molecular weight excluding hydrogens is 304 g/mol. The Kier molecular flexibility index (Phi) is 6.52. The molecular formula is C17H19ClO4. The van der Waals surface area contributed by atoms with Gasteiger partial charge < -0.3 is 19.3 Å². The summed E-state index contributed by atoms with van der Waals surface area (Å²) in [5.74, 6) is 1.23. The summed E-state index contributed by atoms with van der Waals surface area (Å²) in [6, 6.07) is 14.7. The minimum atomic E-state index is -0.711. The molecule has 0 aliphatic rings. The summed E-state index contributed by atoms with van der Waals surface area (Å²) >= 11 is 5.81. The van der Waals surface area contributed by atoms with Crippen LogP contribution in [0.2, 0.25) is 5.02 Å². The summed E-state index contributed by atoms with van der Waals surface area (Å²) in [4.78, 5) is 0. The lowest BCUT2D eigenvalue weighted by molar-refractivity contribution is 0.00509. The van der Waals surface area contributed by atoms with Crippen molar-refractivity contribution in [2.45, 2.75) is 12.7 Å². The van der Waals surface area contributed by atoms with Crippen molar-refractivity contribution in [2.24, 2.45) is 0 Å². The van der Waals surface area contributed by atoms with Gasteiger partial charge >= 0.3 is 0 Å². The van der Waals surface area contributed by atoms with E-state index in [-0.39, 0.29) is 13.2 Å². The largest absolute Gasteiger partial charge is 0.493 e. The molecule has 22 heavy (non-hydrogen) atoms. The van der Waals surface area contributed by atoms with Crippen LogP contribution in [0.25, 0.3) is 0 Å². The van der Waals surface area contributed by atoms with Crippen molar-refractivity contribution in [3.05, 3.63) is 59.1 Å². The molecule has 4 nitrogen and oxygen atoms in total. The molecule has 0 saturated carbocycles. The fraction of sp³-hybridized carbons (Fsp3) is 0.294. The monoisotopic (exact) mass is 322 g/mol. The highest BCUT2D eigenvalue weighted by molar-refractivity contribution is 6.30. The van der Waals surface area contributed by atoms with Crippen molar-refractivity contribution in [1.82, 2.24) is 0 Å². The highest BCUT2D eigenvalue weighted by Gasteiger charge is 2.08. The minimum absolute atomic E-state index is 0.140. The Morgan fingerprint density at radius 1 is 1.00 bits per heavy atom. The van der Waals surface area contributed by atoms with Crippen molar-refractivity contribution in [3.63, 3.8) is 0 Å². The molecule has 0 heterocycles. The average molecular weight is 323 g/mol. The van der Waals surface area contributed by atoms with E-state index in [0.717, 1.165) is 5.56 Å². The lowest BCUT2D eigenvalue weighted by Crippen LogP contribution is -2.23. The number of ether oxygens (including phenoxy) is 3. The molecule has 1 N–H and O–H groups in total. The molecule has 0 radical (unpaired) electrons. The Labute approximate surface area is 135 Å². The van der Waals surface area contributed by atoms with Gasteiger partial charge in [-0.25, -0.2) is 0 Å². The van der Waals surface area contributed by atoms with Gasteiger partial charge in [0.2, 0.25) is 0 Å². The zero-order valence-corrected chi connectivity index (χ0v) is 13.1. The van der Waals surface area contributed by atoms with Gasteiger partial charge in [0.25, 0.3) is 0 Å². The molecule has 0 aliphatic heterocycles. The number of aliphatic hydroxyl groups excluding tert-OH is 1. The van der Waals surface area contributed by atoms with Gasteiger partial charge in [0.05, 0.1) is 20.3 Å². The van der Waals surface area contributed by atoms with Crippen LogP contribution in [0.3, 0.4) is 0 Å². The van der Waals surface area contributed by atoms with Gasteiger partial charge in [0.15, 0.2) is 11.5 Å². The number of hydrogen-bond acceptors (Lipinski definition) is 4. The van der Waals surface area contributed by atoms with Crippen molar-refractivity contribution in [3.8, 4) is 11.5 Å². The predicted molar refractivity (Wildman–Crippen MR) is 85.6 cm³/mol. The van der Waals surface area contributed by atoms with E-state index in [2.05, 4.69) is 0 Å². The smallest absolute Gasteiger partial charge is 0.161 e. The molecule has 2 rings (SSSR count). The first-order valence-electron chi connectivity index (χ1n) is 6.95. The molecule has 2 aromatic carbocycles. The van der Waals surface area contributed by atoms with Crippen molar-refractivity contribution >= 4 is 11.6 Å². The first kappa shape index (κ1) is 16.6. The average Bonchev–Trinajstić information content (AvgIpc) is 2.55. The molecule has 0 bridgehead atoms. The third-order valence-electron chi connectivity index (χ3n) is 2.99. The highest BCUT2D eigenvalue weighted by Crippen LogP contribution is 2.25. The van der Waals surface area contributed by atoms with E-state index in [1.165, 1.54) is 0 Å². The van der Waals surface area contributed by atoms with Crippen LogP contribution in [-0.2, 0) is 11.3 Å². The first-order chi connectivity index (χ1) is 10.7. The van der Waals surface area contributed by atoms with Gasteiger partial charge in [0, 0.05) is 5.02 Å². The van der Waals surface area contributed by atoms with Gasteiger partial charge in [-0.3, -0.25) is 0 Å². The van der Waals surface area contributed by atoms with Gasteiger partial charge in [-0.2, -0.15) is 0 Å². The maximum absolute atomic E-state index is 9.88. The van der Waals surface area contributed by atoms with Crippen LogP contribution >= 0.6 is 11.6 Å². The standard InChI is InChI=1S/C17H19ClO4/c1-20-16-4-2-3-5-17(16)22-12-15(19)11-21-10-13-6-8-14(18)9-7-13/h2-9,15,19H,10-12H2,1H3. The summed E-state index contributed by atoms with van der Waals surface area (Å²) in [6.45, 7) is 0.752. The van der Waals surface area contributed by atoms with E-state index < -0.39 is 6.10 Å². The molecule has 1 atom stereocenters. The van der Waals surface area contributed by atoms with Crippen molar-refractivity contribution in [2.75, 3.05) is 20.3 Å². The Balaban J connectivity index is 1.71. The fourth-order valence-electron chi connectivity index (χ4n) is 1.87. The molecule has 0 saturated heterocycles. The van der Waals surface area contributed by atoms with E-state index >= 15 is 0 Å². The molecule has 0 aromatic heterocycles. The molecule has 5 heteroatoms. The number of hydrogen-bond donors (Lipinski definition) is 1. The summed E-state index contributed by atoms with van der Waals surface area (Å²) in [5.41, 5.74) is 1.00. The third kappa shape index (κ3) is 5.22. The maximum Gasteiger partial charge on any atom is 0.161 e. The topological polar surface area (TPSA) is 47.9 Å². The molecule has 1 unspecified atom stereocenters. The Morgan fingerprint density at radius 3 is 2.36 bits per heavy atom. The Hall–Kier alpha value is -1.75. The van der Waals surface area contributed by atoms with E-state index in [9.17, 15) is 5.11 Å². The number of para-hydroxylation sites is 2. The van der Waals surface area contributed by atoms with E-state index in [1.807, 2.05) is 36.4 Å². The quantitative estimate of drug-likeness (QED) is 0.810. The highest BCUT2D eigenvalue weighted by atomic mass is 35.5. The molecule has 118 valence electrons. The first-order valence-corrected chi connectivity index (χ1v) is 7.33. The molecule has 2 aromatic rings. The second-order valence-corrected chi connectivity index (χ2v) is 5.19. The summed E-state index contributed by atoms with van der Waals surface area (Å²) < 4.78 is 16.2. The maximum atomic E-state index is 9.88. The van der Waals surface area contributed by atoms with Gasteiger partial charge in [-0.05, 0) is 29.8 Å². The normalized spacial score (nSPS) is 12.0.